The molecule has 10 nitrogen and oxygen atoms in total. The number of carboxylic acids is 1. The van der Waals surface area contributed by atoms with E-state index in [1.54, 1.807) is 42.5 Å². The number of halogens is 1. The van der Waals surface area contributed by atoms with E-state index in [1.807, 2.05) is 6.07 Å². The maximum absolute atomic E-state index is 13.9. The third-order valence-electron chi connectivity index (χ3n) is 7.47. The number of non-ortho nitro benzene ring substituents is 1. The van der Waals surface area contributed by atoms with Crippen LogP contribution < -0.4 is 10.1 Å². The van der Waals surface area contributed by atoms with Crippen LogP contribution in [-0.2, 0) is 27.3 Å². The zero-order valence-electron chi connectivity index (χ0n) is 20.7. The third kappa shape index (κ3) is 4.57. The summed E-state index contributed by atoms with van der Waals surface area (Å²) < 4.78 is 6.24. The van der Waals surface area contributed by atoms with Crippen molar-refractivity contribution in [1.82, 2.24) is 10.2 Å². The number of likely N-dealkylation sites (tertiary alicyclic amines) is 1. The first-order chi connectivity index (χ1) is 18.7. The average molecular weight is 594 g/mol. The lowest BCUT2D eigenvalue weighted by Gasteiger charge is -2.31. The van der Waals surface area contributed by atoms with E-state index in [9.17, 15) is 29.6 Å². The number of carbonyl (C=O) groups excluding carboxylic acids is 2. The van der Waals surface area contributed by atoms with Crippen LogP contribution in [0.3, 0.4) is 0 Å². The van der Waals surface area contributed by atoms with Crippen LogP contribution in [0.5, 0.6) is 5.75 Å². The summed E-state index contributed by atoms with van der Waals surface area (Å²) in [6.07, 6.45) is -0.174. The van der Waals surface area contributed by atoms with Crippen LogP contribution >= 0.6 is 15.9 Å². The van der Waals surface area contributed by atoms with Crippen LogP contribution in [0.4, 0.5) is 5.69 Å². The number of carbonyl (C=O) groups is 3. The predicted molar refractivity (Wildman–Crippen MR) is 143 cm³/mol. The van der Waals surface area contributed by atoms with Gasteiger partial charge in [-0.15, -0.1) is 0 Å². The Bertz CT molecular complexity index is 1460. The van der Waals surface area contributed by atoms with Crippen molar-refractivity contribution in [2.45, 2.75) is 24.5 Å². The van der Waals surface area contributed by atoms with Crippen LogP contribution in [0.2, 0.25) is 0 Å². The molecular weight excluding hydrogens is 570 g/mol. The third-order valence-corrected chi connectivity index (χ3v) is 7.96. The van der Waals surface area contributed by atoms with Gasteiger partial charge in [0.15, 0.2) is 0 Å². The molecule has 39 heavy (non-hydrogen) atoms. The normalized spacial score (nSPS) is 24.1. The lowest BCUT2D eigenvalue weighted by atomic mass is 9.76. The zero-order chi connectivity index (χ0) is 27.9. The largest absolute Gasteiger partial charge is 0.496 e. The number of carboxylic acid groups (broad SMARTS) is 1. The molecule has 0 spiro atoms. The minimum Gasteiger partial charge on any atom is -0.496 e. The van der Waals surface area contributed by atoms with Crippen molar-refractivity contribution in [3.63, 3.8) is 0 Å². The number of nitro groups is 1. The minimum atomic E-state index is -1.86. The number of nitro benzene ring substituents is 1. The molecule has 0 saturated carbocycles. The Morgan fingerprint density at radius 3 is 2.38 bits per heavy atom. The average Bonchev–Trinajstić information content (AvgIpc) is 3.39. The Hall–Kier alpha value is -4.09. The van der Waals surface area contributed by atoms with Gasteiger partial charge in [-0.25, -0.2) is 0 Å². The predicted octanol–water partition coefficient (Wildman–Crippen LogP) is 3.88. The van der Waals surface area contributed by atoms with Gasteiger partial charge in [-0.3, -0.25) is 34.7 Å². The van der Waals surface area contributed by atoms with Crippen molar-refractivity contribution in [3.8, 4) is 5.75 Å². The number of aliphatic carboxylic acids is 1. The van der Waals surface area contributed by atoms with Gasteiger partial charge < -0.3 is 9.84 Å². The Kier molecular flexibility index (Phi) is 6.96. The van der Waals surface area contributed by atoms with Crippen molar-refractivity contribution >= 4 is 39.4 Å². The first kappa shape index (κ1) is 26.5. The van der Waals surface area contributed by atoms with Crippen molar-refractivity contribution < 1.29 is 29.2 Å². The number of amides is 2. The number of benzene rings is 3. The number of nitrogens with zero attached hydrogens (tertiary/aromatic N) is 2. The van der Waals surface area contributed by atoms with E-state index >= 15 is 0 Å². The summed E-state index contributed by atoms with van der Waals surface area (Å²) in [5.74, 6) is -4.15. The fourth-order valence-corrected chi connectivity index (χ4v) is 6.07. The molecule has 2 heterocycles. The Labute approximate surface area is 231 Å². The Morgan fingerprint density at radius 1 is 1.08 bits per heavy atom. The molecule has 0 radical (unpaired) electrons. The van der Waals surface area contributed by atoms with Crippen molar-refractivity contribution in [2.24, 2.45) is 11.8 Å². The molecule has 2 aliphatic heterocycles. The Balaban J connectivity index is 1.63. The van der Waals surface area contributed by atoms with Crippen LogP contribution in [0.1, 0.15) is 22.7 Å². The second-order valence-electron chi connectivity index (χ2n) is 9.64. The summed E-state index contributed by atoms with van der Waals surface area (Å²) in [7, 11) is 1.48. The van der Waals surface area contributed by atoms with Gasteiger partial charge in [-0.1, -0.05) is 58.4 Å². The molecule has 2 saturated heterocycles. The van der Waals surface area contributed by atoms with Gasteiger partial charge in [0, 0.05) is 34.6 Å². The van der Waals surface area contributed by atoms with E-state index < -0.39 is 46.1 Å². The molecule has 200 valence electrons. The topological polar surface area (TPSA) is 139 Å². The second kappa shape index (κ2) is 10.2. The number of fused-ring (bicyclic) bond motifs is 1. The first-order valence-electron chi connectivity index (χ1n) is 12.1. The molecule has 2 aliphatic rings. The van der Waals surface area contributed by atoms with Gasteiger partial charge in [-0.2, -0.15) is 0 Å². The summed E-state index contributed by atoms with van der Waals surface area (Å²) >= 11 is 3.44. The van der Waals surface area contributed by atoms with E-state index in [1.165, 1.54) is 31.4 Å². The number of nitrogens with one attached hydrogen (secondary N) is 1. The molecule has 3 aromatic rings. The van der Waals surface area contributed by atoms with Crippen LogP contribution in [-0.4, -0.2) is 45.4 Å². The highest BCUT2D eigenvalue weighted by Crippen LogP contribution is 2.52. The standard InChI is InChI=1S/C28H24BrN3O7/c1-39-21-12-9-18(29)13-20(21)24-22-23(26(34)31(25(22)33)15-17-5-3-2-4-6-17)28(30-24,27(35)36)14-16-7-10-19(11-8-16)32(37)38/h2-13,22-24,30H,14-15H2,1H3,(H,35,36). The monoisotopic (exact) mass is 593 g/mol. The SMILES string of the molecule is COc1ccc(Br)cc1C1NC(Cc2ccc([N+](=O)[O-])cc2)(C(=O)O)C2C(=O)N(Cc3ccccc3)C(=O)C12. The summed E-state index contributed by atoms with van der Waals surface area (Å²) in [5, 5.41) is 24.9. The van der Waals surface area contributed by atoms with Crippen LogP contribution in [0, 0.1) is 22.0 Å². The van der Waals surface area contributed by atoms with Crippen LogP contribution in [0.15, 0.2) is 77.3 Å². The zero-order valence-corrected chi connectivity index (χ0v) is 22.3. The smallest absolute Gasteiger partial charge is 0.325 e. The maximum atomic E-state index is 13.9. The van der Waals surface area contributed by atoms with Gasteiger partial charge >= 0.3 is 5.97 Å². The number of hydrogen-bond acceptors (Lipinski definition) is 7. The molecule has 2 fully saturated rings. The summed E-state index contributed by atoms with van der Waals surface area (Å²) in [5.41, 5.74) is -0.260. The molecule has 5 rings (SSSR count). The number of methoxy groups -OCH3 is 1. The lowest BCUT2D eigenvalue weighted by Crippen LogP contribution is -2.57. The molecule has 3 aromatic carbocycles. The summed E-state index contributed by atoms with van der Waals surface area (Å²) in [4.78, 5) is 52.6. The molecule has 0 aliphatic carbocycles. The van der Waals surface area contributed by atoms with Gasteiger partial charge in [0.25, 0.3) is 5.69 Å². The fourth-order valence-electron chi connectivity index (χ4n) is 5.69. The molecule has 0 bridgehead atoms. The van der Waals surface area contributed by atoms with Gasteiger partial charge in [0.1, 0.15) is 11.3 Å². The fraction of sp³-hybridized carbons (Fsp3) is 0.250. The first-order valence-corrected chi connectivity index (χ1v) is 12.9. The van der Waals surface area contributed by atoms with E-state index in [-0.39, 0.29) is 18.7 Å². The van der Waals surface area contributed by atoms with Crippen molar-refractivity contribution in [3.05, 3.63) is 104 Å². The Morgan fingerprint density at radius 2 is 1.77 bits per heavy atom. The molecule has 4 atom stereocenters. The highest BCUT2D eigenvalue weighted by atomic mass is 79.9. The van der Waals surface area contributed by atoms with Gasteiger partial charge in [-0.05, 0) is 29.3 Å². The van der Waals surface area contributed by atoms with Gasteiger partial charge in [0.05, 0.1) is 30.4 Å². The highest BCUT2D eigenvalue weighted by Gasteiger charge is 2.68. The number of imide groups is 1. The van der Waals surface area contributed by atoms with E-state index in [2.05, 4.69) is 21.2 Å². The second-order valence-corrected chi connectivity index (χ2v) is 10.6. The quantitative estimate of drug-likeness (QED) is 0.228. The van der Waals surface area contributed by atoms with Gasteiger partial charge in [0.2, 0.25) is 11.8 Å². The lowest BCUT2D eigenvalue weighted by molar-refractivity contribution is -0.384. The maximum Gasteiger partial charge on any atom is 0.325 e. The molecule has 11 heteroatoms. The van der Waals surface area contributed by atoms with Crippen molar-refractivity contribution in [1.29, 1.82) is 0 Å². The number of rotatable bonds is 8. The van der Waals surface area contributed by atoms with Crippen LogP contribution in [0.25, 0.3) is 0 Å². The summed E-state index contributed by atoms with van der Waals surface area (Å²) in [6.45, 7) is 0.0150. The molecular formula is C28H24BrN3O7. The van der Waals surface area contributed by atoms with E-state index in [0.29, 0.717) is 21.3 Å². The molecule has 4 unspecified atom stereocenters. The van der Waals surface area contributed by atoms with E-state index in [0.717, 1.165) is 10.5 Å². The number of hydrogen-bond donors (Lipinski definition) is 2. The molecule has 2 N–H and O–H groups in total. The van der Waals surface area contributed by atoms with Crippen molar-refractivity contribution in [2.75, 3.05) is 7.11 Å². The van der Waals surface area contributed by atoms with E-state index in [4.69, 9.17) is 4.74 Å². The molecule has 0 aromatic heterocycles. The highest BCUT2D eigenvalue weighted by molar-refractivity contribution is 9.10. The molecule has 2 amide bonds. The summed E-state index contributed by atoms with van der Waals surface area (Å²) in [6, 6.07) is 18.9. The number of ether oxygens (including phenoxy) is 1. The minimum absolute atomic E-state index is 0.0150.